The fourth-order valence-corrected chi connectivity index (χ4v) is 11.4. The molecule has 0 radical (unpaired) electrons. The fourth-order valence-electron chi connectivity index (χ4n) is 9.27. The molecular weight excluding hydrogens is 950 g/mol. The maximum absolute atomic E-state index is 14.3. The Bertz CT molecular complexity index is 2750. The molecule has 16 nitrogen and oxygen atoms in total. The van der Waals surface area contributed by atoms with Gasteiger partial charge in [0.2, 0.25) is 23.6 Å². The van der Waals surface area contributed by atoms with Gasteiger partial charge in [0, 0.05) is 47.1 Å². The molecule has 70 heavy (non-hydrogen) atoms. The quantitative estimate of drug-likeness (QED) is 0.0742. The topological polar surface area (TPSA) is 202 Å². The monoisotopic (exact) mass is 1010 g/mol. The number of carbonyl (C=O) groups is 4. The molecule has 2 saturated heterocycles. The number of fused-ring (bicyclic) bond motifs is 3. The molecule has 0 bridgehead atoms. The lowest BCUT2D eigenvalue weighted by Crippen LogP contribution is -2.59. The second-order valence-electron chi connectivity index (χ2n) is 19.5. The third-order valence-corrected chi connectivity index (χ3v) is 15.7. The second kappa shape index (κ2) is 21.5. The van der Waals surface area contributed by atoms with Gasteiger partial charge in [-0.25, -0.2) is 4.98 Å². The number of aryl methyl sites for hydroxylation is 3. The number of thiophene rings is 1. The number of ether oxygens (including phenoxy) is 2. The van der Waals surface area contributed by atoms with Crippen LogP contribution in [0.5, 0.6) is 0 Å². The lowest BCUT2D eigenvalue weighted by Gasteiger charge is -2.36. The molecule has 4 N–H and O–H groups in total. The van der Waals surface area contributed by atoms with E-state index in [0.717, 1.165) is 59.8 Å². The summed E-state index contributed by atoms with van der Waals surface area (Å²) in [4.78, 5) is 68.4. The van der Waals surface area contributed by atoms with Crippen molar-refractivity contribution in [2.24, 2.45) is 10.4 Å². The number of likely N-dealkylation sites (tertiary alicyclic amines) is 1. The number of aliphatic hydroxyl groups excluding tert-OH is 1. The molecule has 8 rings (SSSR count). The minimum absolute atomic E-state index is 0.0274. The molecule has 372 valence electrons. The van der Waals surface area contributed by atoms with Crippen LogP contribution >= 0.6 is 34.3 Å². The molecule has 7 atom stereocenters. The summed E-state index contributed by atoms with van der Waals surface area (Å²) in [7, 11) is 0. The molecule has 0 aliphatic carbocycles. The molecule has 4 amide bonds. The molecule has 2 aromatic carbocycles. The van der Waals surface area contributed by atoms with Crippen LogP contribution in [0.2, 0.25) is 5.02 Å². The first-order valence-corrected chi connectivity index (χ1v) is 25.9. The maximum Gasteiger partial charge on any atom is 0.249 e. The van der Waals surface area contributed by atoms with Gasteiger partial charge in [0.15, 0.2) is 5.82 Å². The summed E-state index contributed by atoms with van der Waals surface area (Å²) in [5, 5.41) is 30.2. The van der Waals surface area contributed by atoms with E-state index in [4.69, 9.17) is 26.1 Å². The molecule has 6 heterocycles. The highest BCUT2D eigenvalue weighted by atomic mass is 35.5. The summed E-state index contributed by atoms with van der Waals surface area (Å²) < 4.78 is 14.1. The van der Waals surface area contributed by atoms with Crippen LogP contribution in [0, 0.1) is 33.1 Å². The smallest absolute Gasteiger partial charge is 0.249 e. The number of nitrogens with one attached hydrogen (secondary N) is 3. The Kier molecular flexibility index (Phi) is 15.7. The molecule has 3 aliphatic rings. The second-order valence-corrected chi connectivity index (χ2v) is 22.0. The summed E-state index contributed by atoms with van der Waals surface area (Å²) in [5.41, 5.74) is 7.79. The number of nitrogens with zero attached hydrogens (tertiary/aromatic N) is 6. The van der Waals surface area contributed by atoms with Crippen molar-refractivity contribution in [1.82, 2.24) is 40.6 Å². The van der Waals surface area contributed by atoms with Crippen molar-refractivity contribution in [1.29, 1.82) is 0 Å². The van der Waals surface area contributed by atoms with Crippen LogP contribution in [0.15, 0.2) is 59.0 Å². The summed E-state index contributed by atoms with van der Waals surface area (Å²) in [5.74, 6) is -0.0808. The summed E-state index contributed by atoms with van der Waals surface area (Å²) in [6.07, 6.45) is -0.266. The highest BCUT2D eigenvalue weighted by Crippen LogP contribution is 2.40. The van der Waals surface area contributed by atoms with Crippen LogP contribution in [-0.2, 0) is 28.7 Å². The average molecular weight is 1010 g/mol. The Balaban J connectivity index is 0.798. The first-order valence-electron chi connectivity index (χ1n) is 23.8. The van der Waals surface area contributed by atoms with E-state index in [9.17, 15) is 24.3 Å². The van der Waals surface area contributed by atoms with Crippen molar-refractivity contribution in [2.75, 3.05) is 26.3 Å². The van der Waals surface area contributed by atoms with E-state index in [-0.39, 0.29) is 50.0 Å². The SMILES string of the molecule is Cc1ncsc1-c1ccc([C@H](C)NC(=O)[C@@H]2C[C@@H](O)CN2C(=O)C(NC(=O)[C@H]2CC[C@@H](COCCCNC(=O)C[C@@H]3N=C(c4ccc(Cl)cc4)c4c(sc(C)c4C)-n4c(C)nnc43)O2)C(C)(C)C)cc1. The zero-order chi connectivity index (χ0) is 50.0. The summed E-state index contributed by atoms with van der Waals surface area (Å²) in [6, 6.07) is 12.7. The Morgan fingerprint density at radius 2 is 1.70 bits per heavy atom. The van der Waals surface area contributed by atoms with Crippen molar-refractivity contribution in [3.05, 3.63) is 104 Å². The van der Waals surface area contributed by atoms with Gasteiger partial charge in [-0.15, -0.1) is 32.9 Å². The number of aliphatic imine (C=N–C) groups is 1. The van der Waals surface area contributed by atoms with Gasteiger partial charge in [-0.3, -0.25) is 28.7 Å². The molecule has 19 heteroatoms. The predicted molar refractivity (Wildman–Crippen MR) is 271 cm³/mol. The normalized spacial score (nSPS) is 20.8. The number of hydrogen-bond acceptors (Lipinski definition) is 13. The minimum Gasteiger partial charge on any atom is -0.391 e. The van der Waals surface area contributed by atoms with E-state index in [2.05, 4.69) is 45.0 Å². The Morgan fingerprint density at radius 3 is 2.40 bits per heavy atom. The Hall–Kier alpha value is -5.37. The summed E-state index contributed by atoms with van der Waals surface area (Å²) >= 11 is 9.48. The number of rotatable bonds is 16. The average Bonchev–Trinajstić information content (AvgIpc) is 4.17. The fraction of sp³-hybridized carbons (Fsp3) is 0.490. The van der Waals surface area contributed by atoms with Crippen LogP contribution < -0.4 is 16.0 Å². The zero-order valence-corrected chi connectivity index (χ0v) is 43.3. The van der Waals surface area contributed by atoms with E-state index in [1.165, 1.54) is 4.90 Å². The summed E-state index contributed by atoms with van der Waals surface area (Å²) in [6.45, 7) is 16.5. The van der Waals surface area contributed by atoms with Crippen LogP contribution in [0.25, 0.3) is 15.4 Å². The van der Waals surface area contributed by atoms with Gasteiger partial charge in [0.25, 0.3) is 0 Å². The third-order valence-electron chi connectivity index (χ3n) is 13.3. The number of β-amino-alcohol motifs (C(OH)–C–C–N with tert-alkyl or cyclic N) is 1. The van der Waals surface area contributed by atoms with E-state index in [1.54, 1.807) is 22.7 Å². The first-order chi connectivity index (χ1) is 33.4. The molecule has 2 fully saturated rings. The van der Waals surface area contributed by atoms with Crippen molar-refractivity contribution in [3.63, 3.8) is 0 Å². The lowest BCUT2D eigenvalue weighted by molar-refractivity contribution is -0.146. The van der Waals surface area contributed by atoms with Gasteiger partial charge < -0.3 is 35.4 Å². The third kappa shape index (κ3) is 11.2. The number of hydrogen-bond donors (Lipinski definition) is 4. The number of halogens is 1. The number of amides is 4. The standard InChI is InChI=1S/C51H62ClN9O7S2/c1-27-30(4)70-50-42(27)43(33-14-16-35(52)17-15-33)56-38(46-59-58-31(5)61(46)50)23-41(63)53-20-9-21-67-25-37-18-19-40(68-37)48(65)57-45(51(6,7)8)49(66)60-24-36(62)22-39(60)47(64)55-28(2)32-10-12-34(13-11-32)44-29(3)54-26-69-44/h10-17,26,28,36-40,45,62H,9,18-25H2,1-8H3,(H,53,63)(H,55,64)(H,57,65)/t28-,36+,37-,38-,39-,40+,45?/m0/s1. The highest BCUT2D eigenvalue weighted by Gasteiger charge is 2.46. The molecule has 5 aromatic rings. The van der Waals surface area contributed by atoms with E-state index >= 15 is 0 Å². The van der Waals surface area contributed by atoms with Gasteiger partial charge in [-0.2, -0.15) is 0 Å². The molecule has 3 aliphatic heterocycles. The first kappa shape index (κ1) is 51.0. The van der Waals surface area contributed by atoms with Crippen molar-refractivity contribution in [3.8, 4) is 15.4 Å². The number of aromatic nitrogens is 4. The van der Waals surface area contributed by atoms with Crippen molar-refractivity contribution < 1.29 is 33.8 Å². The van der Waals surface area contributed by atoms with Crippen LogP contribution in [-0.4, -0.2) is 116 Å². The maximum atomic E-state index is 14.3. The predicted octanol–water partition coefficient (Wildman–Crippen LogP) is 7.06. The molecular formula is C51H62ClN9O7S2. The highest BCUT2D eigenvalue weighted by molar-refractivity contribution is 7.15. The van der Waals surface area contributed by atoms with Gasteiger partial charge >= 0.3 is 0 Å². The number of carbonyl (C=O) groups excluding carboxylic acids is 4. The molecule has 1 unspecified atom stereocenters. The van der Waals surface area contributed by atoms with E-state index in [0.29, 0.717) is 43.3 Å². The Labute approximate surface area is 421 Å². The van der Waals surface area contributed by atoms with Gasteiger partial charge in [-0.05, 0) is 88.1 Å². The van der Waals surface area contributed by atoms with Gasteiger partial charge in [0.1, 0.15) is 35.1 Å². The molecule has 3 aromatic heterocycles. The largest absolute Gasteiger partial charge is 0.391 e. The van der Waals surface area contributed by atoms with Crippen molar-refractivity contribution in [2.45, 2.75) is 130 Å². The van der Waals surface area contributed by atoms with Gasteiger partial charge in [-0.1, -0.05) is 68.8 Å². The molecule has 0 spiro atoms. The van der Waals surface area contributed by atoms with Crippen LogP contribution in [0.3, 0.4) is 0 Å². The van der Waals surface area contributed by atoms with E-state index in [1.807, 2.05) is 100 Å². The Morgan fingerprint density at radius 1 is 0.971 bits per heavy atom. The van der Waals surface area contributed by atoms with Crippen LogP contribution in [0.1, 0.15) is 116 Å². The van der Waals surface area contributed by atoms with E-state index < -0.39 is 47.6 Å². The van der Waals surface area contributed by atoms with Crippen molar-refractivity contribution >= 4 is 63.6 Å². The number of thiazole rings is 1. The van der Waals surface area contributed by atoms with Crippen LogP contribution in [0.4, 0.5) is 0 Å². The minimum atomic E-state index is -0.987. The number of aliphatic hydroxyl groups is 1. The molecule has 0 saturated carbocycles. The van der Waals surface area contributed by atoms with Gasteiger partial charge in [0.05, 0.1) is 53.1 Å². The number of benzene rings is 2. The zero-order valence-electron chi connectivity index (χ0n) is 40.9. The lowest BCUT2D eigenvalue weighted by atomic mass is 9.85.